The minimum Gasteiger partial charge on any atom is -0.497 e. The van der Waals surface area contributed by atoms with Crippen LogP contribution in [0.25, 0.3) is 42.9 Å². The first-order valence-corrected chi connectivity index (χ1v) is 22.1. The Kier molecular flexibility index (Phi) is 17.5. The molecule has 62 heavy (non-hydrogen) atoms. The van der Waals surface area contributed by atoms with Crippen LogP contribution in [0.3, 0.4) is 0 Å². The van der Waals surface area contributed by atoms with Crippen molar-refractivity contribution in [2.24, 2.45) is 11.5 Å². The lowest BCUT2D eigenvalue weighted by molar-refractivity contribution is 0.0933. The van der Waals surface area contributed by atoms with Crippen LogP contribution in [0, 0.1) is 0 Å². The number of carbonyl (C=O) groups excluding carboxylic acids is 2. The van der Waals surface area contributed by atoms with E-state index in [0.29, 0.717) is 35.7 Å². The average molecular weight is 1040 g/mol. The van der Waals surface area contributed by atoms with Gasteiger partial charge in [0.1, 0.15) is 22.8 Å². The van der Waals surface area contributed by atoms with Crippen molar-refractivity contribution in [2.45, 2.75) is 24.9 Å². The summed E-state index contributed by atoms with van der Waals surface area (Å²) < 4.78 is 12.1. The van der Waals surface area contributed by atoms with Crippen molar-refractivity contribution in [3.8, 4) is 32.4 Å². The Balaban J connectivity index is 0.000000227. The van der Waals surface area contributed by atoms with E-state index < -0.39 is 0 Å². The number of pyridine rings is 2. The summed E-state index contributed by atoms with van der Waals surface area (Å²) >= 11 is 10.1. The number of benzene rings is 2. The normalized spacial score (nSPS) is 11.7. The topological polar surface area (TPSA) is 186 Å². The number of H-pyrrole nitrogens is 2. The summed E-state index contributed by atoms with van der Waals surface area (Å²) in [5.74, 6) is 1.34. The SMILES string of the molecule is COc1ccc(C[C@@H](CN)NC(=O)c2cc(Br)c(-c3ccnc4[nH]ccc34)s2)cc1.COc1ccc(C[C@@H](CN)NC(=O)c2cc(Br)c(-c3ccnc4[nH]ccc34)s2)cc1.Cl.Cl. The summed E-state index contributed by atoms with van der Waals surface area (Å²) in [5, 5.41) is 8.16. The number of hydrogen-bond donors (Lipinski definition) is 6. The third kappa shape index (κ3) is 11.4. The van der Waals surface area contributed by atoms with E-state index in [1.54, 1.807) is 26.6 Å². The molecule has 18 heteroatoms. The largest absolute Gasteiger partial charge is 0.497 e. The molecule has 8 aromatic rings. The minimum atomic E-state index is -0.160. The van der Waals surface area contributed by atoms with Gasteiger partial charge in [-0.15, -0.1) is 47.5 Å². The van der Waals surface area contributed by atoms with Crippen molar-refractivity contribution in [3.05, 3.63) is 140 Å². The maximum atomic E-state index is 12.9. The number of thiophene rings is 2. The van der Waals surface area contributed by atoms with Crippen LogP contribution in [0.1, 0.15) is 30.5 Å². The molecule has 0 aliphatic carbocycles. The smallest absolute Gasteiger partial charge is 0.261 e. The number of halogens is 4. The van der Waals surface area contributed by atoms with Gasteiger partial charge in [0, 0.05) is 80.8 Å². The molecule has 12 nitrogen and oxygen atoms in total. The Morgan fingerprint density at radius 1 is 0.645 bits per heavy atom. The third-order valence-electron chi connectivity index (χ3n) is 9.75. The van der Waals surface area contributed by atoms with E-state index in [2.05, 4.69) is 62.4 Å². The zero-order valence-corrected chi connectivity index (χ0v) is 39.9. The first-order chi connectivity index (χ1) is 29.2. The van der Waals surface area contributed by atoms with Crippen LogP contribution in [0.15, 0.2) is 119 Å². The molecule has 0 fully saturated rings. The van der Waals surface area contributed by atoms with Gasteiger partial charge in [-0.25, -0.2) is 9.97 Å². The molecule has 324 valence electrons. The highest BCUT2D eigenvalue weighted by Gasteiger charge is 2.21. The average Bonchev–Trinajstić information content (AvgIpc) is 4.10. The summed E-state index contributed by atoms with van der Waals surface area (Å²) in [6.45, 7) is 0.705. The van der Waals surface area contributed by atoms with Gasteiger partial charge < -0.3 is 41.5 Å². The van der Waals surface area contributed by atoms with Gasteiger partial charge in [-0.3, -0.25) is 9.59 Å². The molecule has 0 aliphatic heterocycles. The molecule has 2 aromatic carbocycles. The Bertz CT molecular complexity index is 2540. The summed E-state index contributed by atoms with van der Waals surface area (Å²) in [6.07, 6.45) is 8.56. The number of nitrogens with one attached hydrogen (secondary N) is 4. The van der Waals surface area contributed by atoms with Gasteiger partial charge in [-0.2, -0.15) is 0 Å². The predicted octanol–water partition coefficient (Wildman–Crippen LogP) is 9.57. The van der Waals surface area contributed by atoms with E-state index in [0.717, 1.165) is 74.5 Å². The molecule has 0 radical (unpaired) electrons. The fraction of sp³-hybridized carbons (Fsp3) is 0.182. The highest BCUT2D eigenvalue weighted by molar-refractivity contribution is 9.11. The number of hydrogen-bond acceptors (Lipinski definition) is 10. The molecule has 0 bridgehead atoms. The monoisotopic (exact) mass is 1040 g/mol. The second-order valence-electron chi connectivity index (χ2n) is 13.7. The number of methoxy groups -OCH3 is 2. The van der Waals surface area contributed by atoms with E-state index in [-0.39, 0.29) is 48.7 Å². The van der Waals surface area contributed by atoms with Gasteiger partial charge in [-0.1, -0.05) is 24.3 Å². The van der Waals surface area contributed by atoms with Crippen LogP contribution in [-0.4, -0.2) is 71.1 Å². The number of nitrogens with zero attached hydrogens (tertiary/aromatic N) is 2. The van der Waals surface area contributed by atoms with E-state index in [1.165, 1.54) is 22.7 Å². The number of fused-ring (bicyclic) bond motifs is 2. The van der Waals surface area contributed by atoms with Gasteiger partial charge in [0.25, 0.3) is 11.8 Å². The van der Waals surface area contributed by atoms with Gasteiger partial charge in [0.05, 0.1) is 33.7 Å². The lowest BCUT2D eigenvalue weighted by atomic mass is 10.1. The van der Waals surface area contributed by atoms with Crippen LogP contribution < -0.4 is 31.6 Å². The molecule has 0 saturated carbocycles. The maximum absolute atomic E-state index is 12.9. The fourth-order valence-corrected chi connectivity index (χ4v) is 10.3. The number of aromatic nitrogens is 4. The third-order valence-corrected chi connectivity index (χ3v) is 13.9. The van der Waals surface area contributed by atoms with Crippen molar-refractivity contribution in [1.82, 2.24) is 30.6 Å². The molecule has 8 rings (SSSR count). The molecule has 0 unspecified atom stereocenters. The molecule has 2 atom stereocenters. The van der Waals surface area contributed by atoms with Crippen molar-refractivity contribution < 1.29 is 19.1 Å². The number of rotatable bonds is 14. The van der Waals surface area contributed by atoms with Gasteiger partial charge >= 0.3 is 0 Å². The number of ether oxygens (including phenoxy) is 2. The predicted molar refractivity (Wildman–Crippen MR) is 263 cm³/mol. The second kappa shape index (κ2) is 22.5. The molecule has 6 aromatic heterocycles. The van der Waals surface area contributed by atoms with Crippen LogP contribution in [0.2, 0.25) is 0 Å². The number of carbonyl (C=O) groups is 2. The van der Waals surface area contributed by atoms with Crippen LogP contribution in [0.4, 0.5) is 0 Å². The van der Waals surface area contributed by atoms with Crippen molar-refractivity contribution in [1.29, 1.82) is 0 Å². The zero-order valence-electron chi connectivity index (χ0n) is 33.4. The summed E-state index contributed by atoms with van der Waals surface area (Å²) in [7, 11) is 3.27. The van der Waals surface area contributed by atoms with Crippen molar-refractivity contribution in [2.75, 3.05) is 27.3 Å². The standard InChI is InChI=1S/2C22H21BrN4O2S.2ClH/c2*1-29-15-4-2-13(3-5-15)10-14(12-24)27-22(28)19-11-18(23)20(30-19)16-6-8-25-21-17(16)7-9-26-21;;/h2*2-9,11,14H,10,12,24H2,1H3,(H,25,26)(H,27,28);2*1H/t2*14-;;/m00../s1. The summed E-state index contributed by atoms with van der Waals surface area (Å²) in [5.41, 5.74) is 17.7. The van der Waals surface area contributed by atoms with E-state index in [4.69, 9.17) is 20.9 Å². The van der Waals surface area contributed by atoms with Crippen LogP contribution in [-0.2, 0) is 12.8 Å². The molecule has 0 spiro atoms. The van der Waals surface area contributed by atoms with Gasteiger partial charge in [0.2, 0.25) is 0 Å². The maximum Gasteiger partial charge on any atom is 0.261 e. The van der Waals surface area contributed by atoms with E-state index in [1.807, 2.05) is 97.3 Å². The highest BCUT2D eigenvalue weighted by Crippen LogP contribution is 2.40. The van der Waals surface area contributed by atoms with E-state index in [9.17, 15) is 9.59 Å². The molecular formula is C44H44Br2Cl2N8O4S2. The molecule has 8 N–H and O–H groups in total. The molecule has 6 heterocycles. The van der Waals surface area contributed by atoms with E-state index >= 15 is 0 Å². The van der Waals surface area contributed by atoms with Crippen molar-refractivity contribution in [3.63, 3.8) is 0 Å². The van der Waals surface area contributed by atoms with Crippen molar-refractivity contribution >= 4 is 113 Å². The van der Waals surface area contributed by atoms with Crippen LogP contribution in [0.5, 0.6) is 11.5 Å². The van der Waals surface area contributed by atoms with Gasteiger partial charge in [-0.05, 0) is 116 Å². The number of aromatic amines is 2. The van der Waals surface area contributed by atoms with Crippen LogP contribution >= 0.6 is 79.3 Å². The Morgan fingerprint density at radius 3 is 1.39 bits per heavy atom. The molecular weight excluding hydrogens is 999 g/mol. The first kappa shape index (κ1) is 48.3. The molecule has 0 saturated heterocycles. The lowest BCUT2D eigenvalue weighted by Crippen LogP contribution is -2.41. The second-order valence-corrected chi connectivity index (χ2v) is 17.5. The molecule has 2 amide bonds. The lowest BCUT2D eigenvalue weighted by Gasteiger charge is -2.16. The Hall–Kier alpha value is -4.78. The quantitative estimate of drug-likeness (QED) is 0.0622. The number of nitrogens with two attached hydrogens (primary N) is 2. The zero-order chi connectivity index (χ0) is 42.2. The molecule has 0 aliphatic rings. The minimum absolute atomic E-state index is 0. The Morgan fingerprint density at radius 2 is 1.03 bits per heavy atom. The highest BCUT2D eigenvalue weighted by atomic mass is 79.9. The first-order valence-electron chi connectivity index (χ1n) is 18.9. The summed E-state index contributed by atoms with van der Waals surface area (Å²) in [4.78, 5) is 43.9. The summed E-state index contributed by atoms with van der Waals surface area (Å²) in [6, 6.07) is 26.9. The Labute approximate surface area is 395 Å². The fourth-order valence-electron chi connectivity index (χ4n) is 6.64. The van der Waals surface area contributed by atoms with Gasteiger partial charge in [0.15, 0.2) is 0 Å². The number of amides is 2.